The van der Waals surface area contributed by atoms with Crippen LogP contribution in [0.3, 0.4) is 0 Å². The number of nitrogens with one attached hydrogen (secondary N) is 1. The number of allylic oxidation sites excluding steroid dienone is 1. The Balaban J connectivity index is 3.43. The second-order valence-electron chi connectivity index (χ2n) is 17.2. The highest BCUT2D eigenvalue weighted by atomic mass is 16.3. The second-order valence-corrected chi connectivity index (χ2v) is 17.2. The Morgan fingerprint density at radius 1 is 0.426 bits per heavy atom. The summed E-state index contributed by atoms with van der Waals surface area (Å²) in [7, 11) is 0. The maximum atomic E-state index is 12.4. The first-order valence-corrected chi connectivity index (χ1v) is 24.9. The topological polar surface area (TPSA) is 69.6 Å². The third-order valence-electron chi connectivity index (χ3n) is 11.8. The molecule has 0 aromatic rings. The van der Waals surface area contributed by atoms with Gasteiger partial charge in [0.15, 0.2) is 0 Å². The molecule has 0 aromatic carbocycles. The SMILES string of the molecule is CCCCCCCCCCCCCC/C=C/[C@@H](O)[C@H](CO)NC(=O)CCCCCCCCCCCCCCCCCCCCCCCCCCCCCC. The summed E-state index contributed by atoms with van der Waals surface area (Å²) in [6.07, 6.45) is 59.2. The fourth-order valence-corrected chi connectivity index (χ4v) is 7.95. The number of carbonyl (C=O) groups is 1. The summed E-state index contributed by atoms with van der Waals surface area (Å²) < 4.78 is 0. The zero-order valence-electron chi connectivity index (χ0n) is 37.0. The van der Waals surface area contributed by atoms with Crippen LogP contribution in [-0.2, 0) is 4.79 Å². The molecule has 0 heterocycles. The van der Waals surface area contributed by atoms with E-state index in [1.54, 1.807) is 6.08 Å². The van der Waals surface area contributed by atoms with Crippen molar-refractivity contribution in [3.05, 3.63) is 12.2 Å². The summed E-state index contributed by atoms with van der Waals surface area (Å²) in [5.74, 6) is -0.0581. The smallest absolute Gasteiger partial charge is 0.220 e. The van der Waals surface area contributed by atoms with Gasteiger partial charge in [0.1, 0.15) is 0 Å². The van der Waals surface area contributed by atoms with Crippen LogP contribution in [-0.4, -0.2) is 34.9 Å². The van der Waals surface area contributed by atoms with Crippen molar-refractivity contribution in [2.75, 3.05) is 6.61 Å². The standard InChI is InChI=1S/C50H99NO3/c1-3-5-7-9-11-13-15-17-19-20-21-22-23-24-25-26-27-28-29-30-31-32-34-36-38-40-42-44-46-50(54)51-48(47-52)49(53)45-43-41-39-37-35-33-18-16-14-12-10-8-6-4-2/h43,45,48-49,52-53H,3-42,44,46-47H2,1-2H3,(H,51,54)/b45-43+/t48-,49+/m0/s1. The Morgan fingerprint density at radius 2 is 0.685 bits per heavy atom. The Kier molecular flexibility index (Phi) is 45.8. The molecule has 0 unspecified atom stereocenters. The number of hydrogen-bond acceptors (Lipinski definition) is 3. The number of amides is 1. The van der Waals surface area contributed by atoms with Crippen LogP contribution < -0.4 is 5.32 Å². The maximum absolute atomic E-state index is 12.4. The van der Waals surface area contributed by atoms with Gasteiger partial charge >= 0.3 is 0 Å². The van der Waals surface area contributed by atoms with E-state index in [1.807, 2.05) is 6.08 Å². The molecule has 3 N–H and O–H groups in total. The molecule has 0 aromatic heterocycles. The number of aliphatic hydroxyl groups is 2. The van der Waals surface area contributed by atoms with Gasteiger partial charge in [0.05, 0.1) is 18.8 Å². The molecule has 0 aliphatic heterocycles. The number of carbonyl (C=O) groups excluding carboxylic acids is 1. The molecule has 4 nitrogen and oxygen atoms in total. The Hall–Kier alpha value is -0.870. The van der Waals surface area contributed by atoms with E-state index in [9.17, 15) is 15.0 Å². The van der Waals surface area contributed by atoms with Crippen molar-refractivity contribution in [3.63, 3.8) is 0 Å². The average Bonchev–Trinajstić information content (AvgIpc) is 3.18. The van der Waals surface area contributed by atoms with Crippen molar-refractivity contribution in [2.45, 2.75) is 296 Å². The zero-order valence-corrected chi connectivity index (χ0v) is 37.0. The summed E-state index contributed by atoms with van der Waals surface area (Å²) in [6.45, 7) is 4.33. The third kappa shape index (κ3) is 42.3. The van der Waals surface area contributed by atoms with E-state index in [-0.39, 0.29) is 12.5 Å². The molecule has 0 aliphatic carbocycles. The number of aliphatic hydroxyl groups excluding tert-OH is 2. The fourth-order valence-electron chi connectivity index (χ4n) is 7.95. The Bertz CT molecular complexity index is 739. The molecule has 1 amide bonds. The van der Waals surface area contributed by atoms with Gasteiger partial charge in [0.25, 0.3) is 0 Å². The zero-order chi connectivity index (χ0) is 39.3. The molecule has 0 saturated carbocycles. The van der Waals surface area contributed by atoms with Crippen molar-refractivity contribution >= 4 is 5.91 Å². The molecule has 0 aliphatic rings. The molecule has 4 heteroatoms. The van der Waals surface area contributed by atoms with E-state index >= 15 is 0 Å². The largest absolute Gasteiger partial charge is 0.394 e. The second kappa shape index (κ2) is 46.5. The summed E-state index contributed by atoms with van der Waals surface area (Å²) in [4.78, 5) is 12.4. The first-order chi connectivity index (χ1) is 26.7. The fraction of sp³-hybridized carbons (Fsp3) is 0.940. The monoisotopic (exact) mass is 762 g/mol. The highest BCUT2D eigenvalue weighted by molar-refractivity contribution is 5.76. The molecule has 54 heavy (non-hydrogen) atoms. The van der Waals surface area contributed by atoms with Gasteiger partial charge in [-0.15, -0.1) is 0 Å². The quantitative estimate of drug-likeness (QED) is 0.0427. The van der Waals surface area contributed by atoms with E-state index in [2.05, 4.69) is 19.2 Å². The lowest BCUT2D eigenvalue weighted by Crippen LogP contribution is -2.45. The van der Waals surface area contributed by atoms with E-state index < -0.39 is 12.1 Å². The van der Waals surface area contributed by atoms with Crippen LogP contribution in [0, 0.1) is 0 Å². The third-order valence-corrected chi connectivity index (χ3v) is 11.8. The highest BCUT2D eigenvalue weighted by Gasteiger charge is 2.18. The van der Waals surface area contributed by atoms with Gasteiger partial charge in [-0.05, 0) is 19.3 Å². The van der Waals surface area contributed by atoms with Crippen LogP contribution in [0.4, 0.5) is 0 Å². The first kappa shape index (κ1) is 53.1. The van der Waals surface area contributed by atoms with Crippen molar-refractivity contribution in [1.82, 2.24) is 5.32 Å². The minimum absolute atomic E-state index is 0.0581. The molecule has 0 rings (SSSR count). The molecule has 0 bridgehead atoms. The normalized spacial score (nSPS) is 12.9. The molecular formula is C50H99NO3. The minimum Gasteiger partial charge on any atom is -0.394 e. The molecule has 2 atom stereocenters. The lowest BCUT2D eigenvalue weighted by molar-refractivity contribution is -0.123. The molecule has 0 saturated heterocycles. The van der Waals surface area contributed by atoms with Gasteiger partial charge < -0.3 is 15.5 Å². The van der Waals surface area contributed by atoms with Gasteiger partial charge in [-0.3, -0.25) is 4.79 Å². The van der Waals surface area contributed by atoms with E-state index in [1.165, 1.54) is 238 Å². The van der Waals surface area contributed by atoms with Crippen LogP contribution in [0.15, 0.2) is 12.2 Å². The van der Waals surface area contributed by atoms with Gasteiger partial charge in [-0.25, -0.2) is 0 Å². The van der Waals surface area contributed by atoms with Crippen LogP contribution in [0.5, 0.6) is 0 Å². The number of unbranched alkanes of at least 4 members (excludes halogenated alkanes) is 39. The molecule has 0 fully saturated rings. The molecule has 0 spiro atoms. The number of hydrogen-bond donors (Lipinski definition) is 3. The van der Waals surface area contributed by atoms with E-state index in [4.69, 9.17) is 0 Å². The van der Waals surface area contributed by atoms with Crippen LogP contribution >= 0.6 is 0 Å². The van der Waals surface area contributed by atoms with Gasteiger partial charge in [0.2, 0.25) is 5.91 Å². The molecule has 322 valence electrons. The predicted molar refractivity (Wildman–Crippen MR) is 239 cm³/mol. The van der Waals surface area contributed by atoms with Crippen molar-refractivity contribution in [3.8, 4) is 0 Å². The lowest BCUT2D eigenvalue weighted by Gasteiger charge is -2.20. The van der Waals surface area contributed by atoms with Crippen LogP contribution in [0.25, 0.3) is 0 Å². The van der Waals surface area contributed by atoms with E-state index in [0.29, 0.717) is 6.42 Å². The Morgan fingerprint density at radius 3 is 0.963 bits per heavy atom. The van der Waals surface area contributed by atoms with Crippen molar-refractivity contribution < 1.29 is 15.0 Å². The van der Waals surface area contributed by atoms with Gasteiger partial charge in [-0.1, -0.05) is 270 Å². The summed E-state index contributed by atoms with van der Waals surface area (Å²) in [5, 5.41) is 23.0. The maximum Gasteiger partial charge on any atom is 0.220 e. The minimum atomic E-state index is -0.833. The van der Waals surface area contributed by atoms with Gasteiger partial charge in [-0.2, -0.15) is 0 Å². The van der Waals surface area contributed by atoms with Gasteiger partial charge in [0, 0.05) is 6.42 Å². The molecule has 0 radical (unpaired) electrons. The van der Waals surface area contributed by atoms with Crippen LogP contribution in [0.1, 0.15) is 284 Å². The Labute approximate surface area is 339 Å². The average molecular weight is 762 g/mol. The lowest BCUT2D eigenvalue weighted by atomic mass is 10.0. The van der Waals surface area contributed by atoms with Crippen molar-refractivity contribution in [1.29, 1.82) is 0 Å². The summed E-state index contributed by atoms with van der Waals surface area (Å²) in [5.41, 5.74) is 0. The predicted octanol–water partition coefficient (Wildman–Crippen LogP) is 15.8. The summed E-state index contributed by atoms with van der Waals surface area (Å²) >= 11 is 0. The van der Waals surface area contributed by atoms with Crippen molar-refractivity contribution in [2.24, 2.45) is 0 Å². The summed E-state index contributed by atoms with van der Waals surface area (Å²) in [6, 6.07) is -0.616. The highest BCUT2D eigenvalue weighted by Crippen LogP contribution is 2.17. The number of rotatable bonds is 46. The molecular weight excluding hydrogens is 663 g/mol. The van der Waals surface area contributed by atoms with Crippen LogP contribution in [0.2, 0.25) is 0 Å². The first-order valence-electron chi connectivity index (χ1n) is 24.9. The van der Waals surface area contributed by atoms with E-state index in [0.717, 1.165) is 25.7 Å².